The molecule has 5 heterocycles. The molecule has 3 aromatic heterocycles. The second-order valence-electron chi connectivity index (χ2n) is 12.6. The first-order valence-electron chi connectivity index (χ1n) is 16.2. The number of aromatic nitrogens is 3. The van der Waals surface area contributed by atoms with Crippen molar-refractivity contribution in [1.29, 1.82) is 0 Å². The zero-order chi connectivity index (χ0) is 33.2. The molecule has 0 unspecified atom stereocenters. The zero-order valence-corrected chi connectivity index (χ0v) is 27.4. The van der Waals surface area contributed by atoms with Crippen molar-refractivity contribution in [2.24, 2.45) is 5.92 Å². The minimum atomic E-state index is -0.743. The van der Waals surface area contributed by atoms with Gasteiger partial charge in [-0.15, -0.1) is 0 Å². The summed E-state index contributed by atoms with van der Waals surface area (Å²) in [5, 5.41) is 17.0. The molecule has 10 nitrogen and oxygen atoms in total. The summed E-state index contributed by atoms with van der Waals surface area (Å²) in [6.07, 6.45) is 7.81. The number of rotatable bonds is 10. The smallest absolute Gasteiger partial charge is 0.309 e. The van der Waals surface area contributed by atoms with Crippen LogP contribution in [0.2, 0.25) is 5.02 Å². The molecule has 2 aliphatic rings. The van der Waals surface area contributed by atoms with Crippen LogP contribution in [0.15, 0.2) is 79.3 Å². The molecule has 2 aromatic carbocycles. The number of fused-ring (bicyclic) bond motifs is 1. The Labute approximate surface area is 283 Å². The summed E-state index contributed by atoms with van der Waals surface area (Å²) >= 11 is 6.93. The number of carbonyl (C=O) groups excluding carboxylic acids is 1. The molecule has 0 spiro atoms. The highest BCUT2D eigenvalue weighted by Gasteiger charge is 2.32. The molecule has 11 heteroatoms. The van der Waals surface area contributed by atoms with E-state index in [4.69, 9.17) is 21.7 Å². The highest BCUT2D eigenvalue weighted by atomic mass is 35.5. The van der Waals surface area contributed by atoms with Gasteiger partial charge in [-0.3, -0.25) is 29.4 Å². The number of pyridine rings is 3. The lowest BCUT2D eigenvalue weighted by Gasteiger charge is -2.36. The van der Waals surface area contributed by atoms with Crippen LogP contribution in [0.4, 0.5) is 17.2 Å². The van der Waals surface area contributed by atoms with Gasteiger partial charge in [-0.05, 0) is 85.4 Å². The second kappa shape index (κ2) is 13.7. The molecule has 0 bridgehead atoms. The lowest BCUT2D eigenvalue weighted by atomic mass is 9.98. The van der Waals surface area contributed by atoms with E-state index >= 15 is 0 Å². The van der Waals surface area contributed by atoms with Crippen LogP contribution in [0.1, 0.15) is 40.0 Å². The van der Waals surface area contributed by atoms with E-state index in [2.05, 4.69) is 36.5 Å². The molecule has 1 amide bonds. The van der Waals surface area contributed by atoms with Gasteiger partial charge in [0, 0.05) is 61.4 Å². The Balaban J connectivity index is 1.07. The van der Waals surface area contributed by atoms with Gasteiger partial charge < -0.3 is 15.7 Å². The molecule has 2 fully saturated rings. The van der Waals surface area contributed by atoms with Gasteiger partial charge in [0.25, 0.3) is 5.91 Å². The van der Waals surface area contributed by atoms with Crippen molar-refractivity contribution in [2.75, 3.05) is 36.8 Å². The molecular weight excluding hydrogens is 626 g/mol. The van der Waals surface area contributed by atoms with Crippen LogP contribution in [0.5, 0.6) is 0 Å². The monoisotopic (exact) mass is 661 g/mol. The maximum absolute atomic E-state index is 13.1. The summed E-state index contributed by atoms with van der Waals surface area (Å²) in [6, 6.07) is 19.3. The maximum Gasteiger partial charge on any atom is 0.309 e. The molecule has 244 valence electrons. The summed E-state index contributed by atoms with van der Waals surface area (Å²) in [6.45, 7) is 6.83. The number of hydrogen-bond donors (Lipinski definition) is 3. The lowest BCUT2D eigenvalue weighted by Crippen LogP contribution is -2.49. The Bertz CT molecular complexity index is 1990. The van der Waals surface area contributed by atoms with Gasteiger partial charge in [-0.2, -0.15) is 0 Å². The first-order chi connectivity index (χ1) is 23.3. The van der Waals surface area contributed by atoms with Crippen LogP contribution in [-0.4, -0.2) is 67.9 Å². The maximum atomic E-state index is 13.1. The van der Waals surface area contributed by atoms with Crippen LogP contribution >= 0.6 is 11.6 Å². The number of anilines is 3. The summed E-state index contributed by atoms with van der Waals surface area (Å²) in [7, 11) is 0. The molecule has 2 aliphatic heterocycles. The number of nitrogens with zero attached hydrogens (tertiary/aromatic N) is 5. The van der Waals surface area contributed by atoms with Crippen molar-refractivity contribution < 1.29 is 14.7 Å². The fourth-order valence-electron chi connectivity index (χ4n) is 6.46. The number of carboxylic acid groups (broad SMARTS) is 1. The first kappa shape index (κ1) is 31.7. The number of amides is 1. The number of likely N-dealkylation sites (tertiary alicyclic amines) is 2. The largest absolute Gasteiger partial charge is 0.481 e. The first-order valence-corrected chi connectivity index (χ1v) is 16.5. The SMILES string of the molecule is Cc1c(Nc2nccc3cc(CN4CC(C(=O)O)C4)cnc23)cccc1-c1cccc(NC(=O)c2ccc(CN3CCCC3)cn2)c1Cl. The Morgan fingerprint density at radius 2 is 1.60 bits per heavy atom. The van der Waals surface area contributed by atoms with Crippen molar-refractivity contribution in [3.63, 3.8) is 0 Å². The van der Waals surface area contributed by atoms with Crippen molar-refractivity contribution in [2.45, 2.75) is 32.9 Å². The molecule has 2 saturated heterocycles. The van der Waals surface area contributed by atoms with E-state index in [0.29, 0.717) is 41.9 Å². The van der Waals surface area contributed by atoms with Crippen molar-refractivity contribution in [1.82, 2.24) is 24.8 Å². The minimum Gasteiger partial charge on any atom is -0.481 e. The van der Waals surface area contributed by atoms with Crippen LogP contribution < -0.4 is 10.6 Å². The molecule has 0 atom stereocenters. The molecule has 5 aromatic rings. The molecule has 48 heavy (non-hydrogen) atoms. The number of carbonyl (C=O) groups is 2. The highest BCUT2D eigenvalue weighted by molar-refractivity contribution is 6.36. The summed E-state index contributed by atoms with van der Waals surface area (Å²) in [4.78, 5) is 42.5. The Hall–Kier alpha value is -4.90. The molecule has 0 radical (unpaired) electrons. The number of aliphatic carboxylic acids is 1. The van der Waals surface area contributed by atoms with Gasteiger partial charge in [0.1, 0.15) is 11.2 Å². The minimum absolute atomic E-state index is 0.293. The third-order valence-electron chi connectivity index (χ3n) is 9.15. The van der Waals surface area contributed by atoms with Gasteiger partial charge in [-0.25, -0.2) is 4.98 Å². The Morgan fingerprint density at radius 3 is 2.35 bits per heavy atom. The Morgan fingerprint density at radius 1 is 0.875 bits per heavy atom. The van der Waals surface area contributed by atoms with E-state index in [-0.39, 0.29) is 11.8 Å². The number of carboxylic acids is 1. The number of halogens is 1. The van der Waals surface area contributed by atoms with Crippen molar-refractivity contribution >= 4 is 51.6 Å². The summed E-state index contributed by atoms with van der Waals surface area (Å²) < 4.78 is 0. The summed E-state index contributed by atoms with van der Waals surface area (Å²) in [5.41, 5.74) is 7.20. The predicted octanol–water partition coefficient (Wildman–Crippen LogP) is 6.76. The third kappa shape index (κ3) is 6.73. The van der Waals surface area contributed by atoms with E-state index in [1.807, 2.05) is 55.6 Å². The average molecular weight is 662 g/mol. The third-order valence-corrected chi connectivity index (χ3v) is 9.56. The predicted molar refractivity (Wildman–Crippen MR) is 188 cm³/mol. The van der Waals surface area contributed by atoms with Crippen molar-refractivity contribution in [3.8, 4) is 11.1 Å². The van der Waals surface area contributed by atoms with Gasteiger partial charge in [0.15, 0.2) is 5.82 Å². The standard InChI is InChI=1S/C37H36ClN7O3/c1-23-28(29-7-5-9-31(33(29)38)43-36(46)32-11-10-24(17-40-32)19-44-14-2-3-15-44)6-4-8-30(23)42-35-34-26(12-13-39-35)16-25(18-41-34)20-45-21-27(22-45)37(47)48/h4-13,16-18,27H,2-3,14-15,19-22H2,1H3,(H,39,42)(H,43,46)(H,47,48). The molecular formula is C37H36ClN7O3. The number of hydrogen-bond acceptors (Lipinski definition) is 8. The fourth-order valence-corrected chi connectivity index (χ4v) is 6.74. The van der Waals surface area contributed by atoms with Crippen LogP contribution in [0.25, 0.3) is 22.0 Å². The van der Waals surface area contributed by atoms with E-state index in [0.717, 1.165) is 64.0 Å². The quantitative estimate of drug-likeness (QED) is 0.149. The molecule has 0 saturated carbocycles. The Kier molecular flexibility index (Phi) is 9.03. The number of nitrogens with one attached hydrogen (secondary N) is 2. The van der Waals surface area contributed by atoms with Crippen LogP contribution in [-0.2, 0) is 17.9 Å². The van der Waals surface area contributed by atoms with E-state index in [9.17, 15) is 9.59 Å². The van der Waals surface area contributed by atoms with Crippen LogP contribution in [0, 0.1) is 12.8 Å². The average Bonchev–Trinajstić information content (AvgIpc) is 3.58. The van der Waals surface area contributed by atoms with E-state index in [1.54, 1.807) is 24.5 Å². The zero-order valence-electron chi connectivity index (χ0n) is 26.6. The molecule has 3 N–H and O–H groups in total. The normalized spacial score (nSPS) is 15.4. The second-order valence-corrected chi connectivity index (χ2v) is 12.9. The van der Waals surface area contributed by atoms with Gasteiger partial charge in [0.2, 0.25) is 0 Å². The fraction of sp³-hybridized carbons (Fsp3) is 0.270. The number of benzene rings is 2. The highest BCUT2D eigenvalue weighted by Crippen LogP contribution is 2.38. The topological polar surface area (TPSA) is 124 Å². The molecule has 0 aliphatic carbocycles. The van der Waals surface area contributed by atoms with Gasteiger partial charge in [-0.1, -0.05) is 41.9 Å². The molecule has 7 rings (SSSR count). The van der Waals surface area contributed by atoms with Crippen molar-refractivity contribution in [3.05, 3.63) is 107 Å². The van der Waals surface area contributed by atoms with Crippen LogP contribution in [0.3, 0.4) is 0 Å². The van der Waals surface area contributed by atoms with E-state index < -0.39 is 5.97 Å². The summed E-state index contributed by atoms with van der Waals surface area (Å²) in [5.74, 6) is -0.729. The lowest BCUT2D eigenvalue weighted by molar-refractivity contribution is -0.147. The van der Waals surface area contributed by atoms with Gasteiger partial charge in [0.05, 0.1) is 16.6 Å². The van der Waals surface area contributed by atoms with E-state index in [1.165, 1.54) is 12.8 Å². The van der Waals surface area contributed by atoms with Gasteiger partial charge >= 0.3 is 5.97 Å².